The fourth-order valence-electron chi connectivity index (χ4n) is 0.621. The second-order valence-corrected chi connectivity index (χ2v) is 1.81. The molecule has 1 rings (SSSR count). The number of carbonyl (C=O) groups excluding carboxylic acids is 1. The largest absolute Gasteiger partial charge is 0.277 e. The van der Waals surface area contributed by atoms with E-state index in [9.17, 15) is 9.18 Å². The number of hydrogen-bond acceptors (Lipinski definition) is 2. The molecule has 0 atom stereocenters. The van der Waals surface area contributed by atoms with Gasteiger partial charge in [0, 0.05) is 6.20 Å². The van der Waals surface area contributed by atoms with Crippen LogP contribution in [-0.2, 0) is 0 Å². The topological polar surface area (TPSA) is 30.0 Å². The number of carbonyl (C=O) groups is 1. The van der Waals surface area contributed by atoms with Gasteiger partial charge >= 0.3 is 0 Å². The Hall–Kier alpha value is -1.69. The molecule has 0 bridgehead atoms. The fraction of sp³-hybridized carbons (Fsp3) is 0. The van der Waals surface area contributed by atoms with Gasteiger partial charge in [0.05, 0.1) is 0 Å². The SMILES string of the molecule is C#CC(=O)c1ncccc1F. The zero-order valence-corrected chi connectivity index (χ0v) is 5.54. The number of ketones is 1. The zero-order chi connectivity index (χ0) is 8.27. The van der Waals surface area contributed by atoms with Gasteiger partial charge in [-0.1, -0.05) is 0 Å². The van der Waals surface area contributed by atoms with E-state index < -0.39 is 11.6 Å². The highest BCUT2D eigenvalue weighted by molar-refractivity contribution is 6.07. The normalized spacial score (nSPS) is 8.73. The van der Waals surface area contributed by atoms with Gasteiger partial charge in [0.25, 0.3) is 5.78 Å². The molecule has 0 aliphatic carbocycles. The molecular weight excluding hydrogens is 145 g/mol. The highest BCUT2D eigenvalue weighted by Gasteiger charge is 2.08. The van der Waals surface area contributed by atoms with Crippen LogP contribution in [0.4, 0.5) is 4.39 Å². The molecule has 0 amide bonds. The lowest BCUT2D eigenvalue weighted by Gasteiger charge is -1.92. The maximum atomic E-state index is 12.6. The van der Waals surface area contributed by atoms with Crippen molar-refractivity contribution in [1.82, 2.24) is 4.98 Å². The molecule has 1 aromatic heterocycles. The molecule has 2 nitrogen and oxygen atoms in total. The number of halogens is 1. The predicted octanol–water partition coefficient (Wildman–Crippen LogP) is 1.04. The lowest BCUT2D eigenvalue weighted by molar-refractivity contribution is 0.104. The molecular formula is C8H4FNO. The molecule has 11 heavy (non-hydrogen) atoms. The average molecular weight is 149 g/mol. The maximum absolute atomic E-state index is 12.6. The zero-order valence-electron chi connectivity index (χ0n) is 5.54. The van der Waals surface area contributed by atoms with Gasteiger partial charge in [0.15, 0.2) is 11.5 Å². The van der Waals surface area contributed by atoms with E-state index in [4.69, 9.17) is 6.42 Å². The Kier molecular flexibility index (Phi) is 1.98. The minimum absolute atomic E-state index is 0.296. The Morgan fingerprint density at radius 2 is 2.45 bits per heavy atom. The highest BCUT2D eigenvalue weighted by atomic mass is 19.1. The van der Waals surface area contributed by atoms with Crippen LogP contribution in [0.1, 0.15) is 10.5 Å². The molecule has 0 saturated heterocycles. The molecule has 3 heteroatoms. The summed E-state index contributed by atoms with van der Waals surface area (Å²) in [4.78, 5) is 14.2. The van der Waals surface area contributed by atoms with Crippen LogP contribution in [0.15, 0.2) is 18.3 Å². The summed E-state index contributed by atoms with van der Waals surface area (Å²) in [6.45, 7) is 0. The second-order valence-electron chi connectivity index (χ2n) is 1.81. The van der Waals surface area contributed by atoms with E-state index in [-0.39, 0.29) is 5.69 Å². The molecule has 0 saturated carbocycles. The lowest BCUT2D eigenvalue weighted by Crippen LogP contribution is -2.01. The molecule has 1 heterocycles. The number of pyridine rings is 1. The van der Waals surface area contributed by atoms with Crippen molar-refractivity contribution >= 4 is 5.78 Å². The van der Waals surface area contributed by atoms with Gasteiger partial charge in [-0.2, -0.15) is 0 Å². The summed E-state index contributed by atoms with van der Waals surface area (Å²) in [6, 6.07) is 2.53. The lowest BCUT2D eigenvalue weighted by atomic mass is 10.2. The first kappa shape index (κ1) is 7.42. The van der Waals surface area contributed by atoms with E-state index in [1.165, 1.54) is 12.3 Å². The van der Waals surface area contributed by atoms with Gasteiger partial charge in [-0.15, -0.1) is 6.42 Å². The van der Waals surface area contributed by atoms with Crippen LogP contribution in [0.25, 0.3) is 0 Å². The summed E-state index contributed by atoms with van der Waals surface area (Å²) in [6.07, 6.45) is 6.08. The monoisotopic (exact) mass is 149 g/mol. The van der Waals surface area contributed by atoms with Gasteiger partial charge in [0.1, 0.15) is 0 Å². The van der Waals surface area contributed by atoms with E-state index in [1.807, 2.05) is 0 Å². The molecule has 0 aromatic carbocycles. The van der Waals surface area contributed by atoms with Crippen LogP contribution < -0.4 is 0 Å². The van der Waals surface area contributed by atoms with Crippen LogP contribution in [-0.4, -0.2) is 10.8 Å². The van der Waals surface area contributed by atoms with Crippen LogP contribution in [0.5, 0.6) is 0 Å². The Morgan fingerprint density at radius 3 is 3.00 bits per heavy atom. The Labute approximate surface area is 63.1 Å². The quantitative estimate of drug-likeness (QED) is 0.339. The number of hydrogen-bond donors (Lipinski definition) is 0. The van der Waals surface area contributed by atoms with Crippen molar-refractivity contribution in [2.75, 3.05) is 0 Å². The number of terminal acetylenes is 1. The first-order valence-electron chi connectivity index (χ1n) is 2.87. The van der Waals surface area contributed by atoms with Gasteiger partial charge in [-0.25, -0.2) is 9.37 Å². The number of Topliss-reactive ketones (excluding diaryl/α,β-unsaturated/α-hetero) is 1. The standard InChI is InChI=1S/C8H4FNO/c1-2-7(11)8-6(9)4-3-5-10-8/h1,3-5H. The minimum Gasteiger partial charge on any atom is -0.277 e. The molecule has 0 fully saturated rings. The third-order valence-corrected chi connectivity index (χ3v) is 1.10. The summed E-state index contributed by atoms with van der Waals surface area (Å²) < 4.78 is 12.6. The Bertz CT molecular complexity index is 327. The molecule has 0 unspecified atom stereocenters. The van der Waals surface area contributed by atoms with E-state index in [0.29, 0.717) is 0 Å². The Balaban J connectivity index is 3.16. The van der Waals surface area contributed by atoms with Gasteiger partial charge < -0.3 is 0 Å². The first-order valence-corrected chi connectivity index (χ1v) is 2.87. The molecule has 0 N–H and O–H groups in total. The molecule has 0 aliphatic heterocycles. The van der Waals surface area contributed by atoms with Crippen molar-refractivity contribution < 1.29 is 9.18 Å². The Morgan fingerprint density at radius 1 is 1.73 bits per heavy atom. The molecule has 1 aromatic rings. The maximum Gasteiger partial charge on any atom is 0.256 e. The van der Waals surface area contributed by atoms with Crippen molar-refractivity contribution in [2.24, 2.45) is 0 Å². The van der Waals surface area contributed by atoms with Crippen molar-refractivity contribution in [3.63, 3.8) is 0 Å². The third-order valence-electron chi connectivity index (χ3n) is 1.10. The summed E-state index contributed by atoms with van der Waals surface area (Å²) in [5, 5.41) is 0. The molecule has 0 radical (unpaired) electrons. The van der Waals surface area contributed by atoms with Crippen LogP contribution in [0.2, 0.25) is 0 Å². The van der Waals surface area contributed by atoms with Crippen molar-refractivity contribution in [3.05, 3.63) is 29.8 Å². The van der Waals surface area contributed by atoms with Crippen LogP contribution in [0, 0.1) is 18.2 Å². The number of aromatic nitrogens is 1. The highest BCUT2D eigenvalue weighted by Crippen LogP contribution is 2.01. The summed E-state index contributed by atoms with van der Waals surface area (Å²) >= 11 is 0. The van der Waals surface area contributed by atoms with Gasteiger partial charge in [-0.3, -0.25) is 4.79 Å². The first-order chi connectivity index (χ1) is 5.25. The van der Waals surface area contributed by atoms with E-state index in [0.717, 1.165) is 6.07 Å². The second kappa shape index (κ2) is 2.93. The number of nitrogens with zero attached hydrogens (tertiary/aromatic N) is 1. The third kappa shape index (κ3) is 1.41. The van der Waals surface area contributed by atoms with E-state index in [2.05, 4.69) is 4.98 Å². The van der Waals surface area contributed by atoms with E-state index >= 15 is 0 Å². The van der Waals surface area contributed by atoms with Crippen LogP contribution in [0.3, 0.4) is 0 Å². The molecule has 54 valence electrons. The summed E-state index contributed by atoms with van der Waals surface area (Å²) in [5.74, 6) is 0.363. The van der Waals surface area contributed by atoms with Crippen LogP contribution >= 0.6 is 0 Å². The van der Waals surface area contributed by atoms with Crippen molar-refractivity contribution in [2.45, 2.75) is 0 Å². The fourth-order valence-corrected chi connectivity index (χ4v) is 0.621. The van der Waals surface area contributed by atoms with Crippen molar-refractivity contribution in [3.8, 4) is 12.3 Å². The average Bonchev–Trinajstić information content (AvgIpc) is 2.04. The molecule has 0 spiro atoms. The van der Waals surface area contributed by atoms with Gasteiger partial charge in [-0.05, 0) is 18.1 Å². The predicted molar refractivity (Wildman–Crippen MR) is 37.4 cm³/mol. The smallest absolute Gasteiger partial charge is 0.256 e. The van der Waals surface area contributed by atoms with Crippen molar-refractivity contribution in [1.29, 1.82) is 0 Å². The summed E-state index contributed by atoms with van der Waals surface area (Å²) in [5.41, 5.74) is -0.296. The molecule has 0 aliphatic rings. The summed E-state index contributed by atoms with van der Waals surface area (Å²) in [7, 11) is 0. The number of rotatable bonds is 1. The van der Waals surface area contributed by atoms with E-state index in [1.54, 1.807) is 5.92 Å². The minimum atomic E-state index is -0.733. The van der Waals surface area contributed by atoms with Gasteiger partial charge in [0.2, 0.25) is 0 Å².